The molecule has 142 valence electrons. The van der Waals surface area contributed by atoms with Gasteiger partial charge in [-0.1, -0.05) is 97.1 Å². The van der Waals surface area contributed by atoms with Crippen molar-refractivity contribution < 1.29 is 0 Å². The van der Waals surface area contributed by atoms with Gasteiger partial charge in [0.1, 0.15) is 0 Å². The number of pyridine rings is 2. The van der Waals surface area contributed by atoms with Crippen LogP contribution in [0.15, 0.2) is 122 Å². The minimum atomic E-state index is 0.869. The molecule has 0 unspecified atom stereocenters. The molecule has 30 heavy (non-hydrogen) atoms. The van der Waals surface area contributed by atoms with Gasteiger partial charge in [0.25, 0.3) is 0 Å². The van der Waals surface area contributed by atoms with Gasteiger partial charge in [0.05, 0.1) is 11.4 Å². The average Bonchev–Trinajstić information content (AvgIpc) is 2.85. The molecule has 0 aliphatic heterocycles. The molecule has 0 fully saturated rings. The lowest BCUT2D eigenvalue weighted by molar-refractivity contribution is 1.25. The first-order valence-electron chi connectivity index (χ1n) is 10.0. The molecule has 2 heteroatoms. The molecule has 0 N–H and O–H groups in total. The van der Waals surface area contributed by atoms with Gasteiger partial charge in [-0.15, -0.1) is 0 Å². The number of benzene rings is 3. The highest BCUT2D eigenvalue weighted by molar-refractivity contribution is 5.99. The second-order valence-electron chi connectivity index (χ2n) is 7.08. The van der Waals surface area contributed by atoms with Crippen molar-refractivity contribution in [2.24, 2.45) is 0 Å². The van der Waals surface area contributed by atoms with Gasteiger partial charge in [-0.25, -0.2) is 0 Å². The van der Waals surface area contributed by atoms with E-state index in [0.29, 0.717) is 0 Å². The fourth-order valence-corrected chi connectivity index (χ4v) is 3.84. The van der Waals surface area contributed by atoms with E-state index in [1.54, 1.807) is 0 Å². The van der Waals surface area contributed by atoms with Crippen LogP contribution < -0.4 is 0 Å². The van der Waals surface area contributed by atoms with Crippen LogP contribution >= 0.6 is 0 Å². The van der Waals surface area contributed by atoms with E-state index in [2.05, 4.69) is 83.8 Å². The highest BCUT2D eigenvalue weighted by atomic mass is 14.8. The Hall–Kier alpha value is -4.04. The number of nitrogens with zero attached hydrogens (tertiary/aromatic N) is 2. The van der Waals surface area contributed by atoms with E-state index >= 15 is 0 Å². The van der Waals surface area contributed by atoms with Crippen molar-refractivity contribution in [1.29, 1.82) is 0 Å². The lowest BCUT2D eigenvalue weighted by Gasteiger charge is -2.19. The summed E-state index contributed by atoms with van der Waals surface area (Å²) in [6, 6.07) is 37.4. The van der Waals surface area contributed by atoms with E-state index in [1.165, 1.54) is 5.56 Å². The molecule has 0 aliphatic carbocycles. The Morgan fingerprint density at radius 2 is 0.967 bits per heavy atom. The van der Waals surface area contributed by atoms with Gasteiger partial charge >= 0.3 is 0 Å². The van der Waals surface area contributed by atoms with Gasteiger partial charge in [-0.3, -0.25) is 9.97 Å². The average molecular weight is 384 g/mol. The Morgan fingerprint density at radius 3 is 1.53 bits per heavy atom. The molecule has 2 nitrogen and oxygen atoms in total. The zero-order valence-corrected chi connectivity index (χ0v) is 16.4. The molecule has 2 heterocycles. The highest BCUT2D eigenvalue weighted by Gasteiger charge is 2.20. The second kappa shape index (κ2) is 8.14. The largest absolute Gasteiger partial charge is 0.255 e. The van der Waals surface area contributed by atoms with Gasteiger partial charge in [-0.05, 0) is 28.8 Å². The molecule has 5 aromatic rings. The molecule has 0 bridgehead atoms. The van der Waals surface area contributed by atoms with E-state index in [-0.39, 0.29) is 0 Å². The third-order valence-electron chi connectivity index (χ3n) is 5.20. The molecular formula is C28H20N2. The first kappa shape index (κ1) is 18.0. The lowest BCUT2D eigenvalue weighted by atomic mass is 9.87. The van der Waals surface area contributed by atoms with Crippen molar-refractivity contribution in [2.45, 2.75) is 0 Å². The SMILES string of the molecule is c1ccc(-c2cnc(-c3ccccn3)c(-c3ccccc3)c2-c2ccccc2)cc1. The Morgan fingerprint density at radius 1 is 0.433 bits per heavy atom. The van der Waals surface area contributed by atoms with Crippen molar-refractivity contribution in [1.82, 2.24) is 9.97 Å². The zero-order chi connectivity index (χ0) is 20.2. The normalized spacial score (nSPS) is 10.7. The van der Waals surface area contributed by atoms with Gasteiger partial charge in [0.2, 0.25) is 0 Å². The summed E-state index contributed by atoms with van der Waals surface area (Å²) in [7, 11) is 0. The van der Waals surface area contributed by atoms with E-state index < -0.39 is 0 Å². The van der Waals surface area contributed by atoms with Crippen molar-refractivity contribution in [3.63, 3.8) is 0 Å². The molecule has 3 aromatic carbocycles. The molecule has 2 aromatic heterocycles. The minimum Gasteiger partial charge on any atom is -0.255 e. The number of hydrogen-bond donors (Lipinski definition) is 0. The molecule has 0 saturated heterocycles. The number of aromatic nitrogens is 2. The highest BCUT2D eigenvalue weighted by Crippen LogP contribution is 2.43. The monoisotopic (exact) mass is 384 g/mol. The van der Waals surface area contributed by atoms with Crippen LogP contribution in [-0.2, 0) is 0 Å². The summed E-state index contributed by atoms with van der Waals surface area (Å²) < 4.78 is 0. The van der Waals surface area contributed by atoms with Crippen LogP contribution in [0, 0.1) is 0 Å². The quantitative estimate of drug-likeness (QED) is 0.329. The number of rotatable bonds is 4. The molecule has 5 rings (SSSR count). The Kier molecular flexibility index (Phi) is 4.89. The maximum absolute atomic E-state index is 4.93. The van der Waals surface area contributed by atoms with Crippen molar-refractivity contribution >= 4 is 0 Å². The first-order valence-corrected chi connectivity index (χ1v) is 10.0. The van der Waals surface area contributed by atoms with Crippen LogP contribution in [-0.4, -0.2) is 9.97 Å². The van der Waals surface area contributed by atoms with E-state index in [1.807, 2.05) is 42.7 Å². The molecular weight excluding hydrogens is 364 g/mol. The summed E-state index contributed by atoms with van der Waals surface area (Å²) in [5, 5.41) is 0. The third-order valence-corrected chi connectivity index (χ3v) is 5.20. The second-order valence-corrected chi connectivity index (χ2v) is 7.08. The van der Waals surface area contributed by atoms with Gasteiger partial charge < -0.3 is 0 Å². The fourth-order valence-electron chi connectivity index (χ4n) is 3.84. The summed E-state index contributed by atoms with van der Waals surface area (Å²) in [4.78, 5) is 9.54. The number of hydrogen-bond acceptors (Lipinski definition) is 2. The maximum Gasteiger partial charge on any atom is 0.0971 e. The summed E-state index contributed by atoms with van der Waals surface area (Å²) in [6.07, 6.45) is 3.80. The van der Waals surface area contributed by atoms with Crippen LogP contribution in [0.3, 0.4) is 0 Å². The van der Waals surface area contributed by atoms with Crippen LogP contribution in [0.1, 0.15) is 0 Å². The van der Waals surface area contributed by atoms with E-state index in [4.69, 9.17) is 4.98 Å². The fraction of sp³-hybridized carbons (Fsp3) is 0. The maximum atomic E-state index is 4.93. The summed E-state index contributed by atoms with van der Waals surface area (Å²) >= 11 is 0. The topological polar surface area (TPSA) is 25.8 Å². The first-order chi connectivity index (χ1) is 14.9. The Balaban J connectivity index is 1.91. The molecule has 0 aliphatic rings. The van der Waals surface area contributed by atoms with Gasteiger partial charge in [0.15, 0.2) is 0 Å². The van der Waals surface area contributed by atoms with Gasteiger partial charge in [-0.2, -0.15) is 0 Å². The van der Waals surface area contributed by atoms with Crippen molar-refractivity contribution in [2.75, 3.05) is 0 Å². The van der Waals surface area contributed by atoms with E-state index in [0.717, 1.165) is 39.2 Å². The molecule has 0 saturated carbocycles. The van der Waals surface area contributed by atoms with Crippen molar-refractivity contribution in [3.05, 3.63) is 122 Å². The molecule has 0 amide bonds. The smallest absolute Gasteiger partial charge is 0.0971 e. The van der Waals surface area contributed by atoms with Crippen LogP contribution in [0.25, 0.3) is 44.8 Å². The van der Waals surface area contributed by atoms with Crippen molar-refractivity contribution in [3.8, 4) is 44.8 Å². The van der Waals surface area contributed by atoms with E-state index in [9.17, 15) is 0 Å². The predicted molar refractivity (Wildman–Crippen MR) is 124 cm³/mol. The minimum absolute atomic E-state index is 0.869. The van der Waals surface area contributed by atoms with Crippen LogP contribution in [0.4, 0.5) is 0 Å². The zero-order valence-electron chi connectivity index (χ0n) is 16.4. The van der Waals surface area contributed by atoms with Gasteiger partial charge in [0, 0.05) is 29.1 Å². The summed E-state index contributed by atoms with van der Waals surface area (Å²) in [6.45, 7) is 0. The summed E-state index contributed by atoms with van der Waals surface area (Å²) in [5.41, 5.74) is 8.57. The Labute approximate surface area is 176 Å². The van der Waals surface area contributed by atoms with Crippen LogP contribution in [0.2, 0.25) is 0 Å². The Bertz CT molecular complexity index is 1150. The molecule has 0 spiro atoms. The third kappa shape index (κ3) is 3.40. The standard InChI is InChI=1S/C28H20N2/c1-4-12-21(13-5-1)24-20-30-28(25-18-10-11-19-29-25)27(23-16-8-3-9-17-23)26(24)22-14-6-2-7-15-22/h1-20H. The lowest BCUT2D eigenvalue weighted by Crippen LogP contribution is -1.98. The summed E-state index contributed by atoms with van der Waals surface area (Å²) in [5.74, 6) is 0. The molecule has 0 radical (unpaired) electrons. The van der Waals surface area contributed by atoms with Crippen LogP contribution in [0.5, 0.6) is 0 Å². The predicted octanol–water partition coefficient (Wildman–Crippen LogP) is 7.14. The molecule has 0 atom stereocenters.